The third kappa shape index (κ3) is 3.43. The van der Waals surface area contributed by atoms with Crippen molar-refractivity contribution in [2.45, 2.75) is 6.04 Å². The van der Waals surface area contributed by atoms with E-state index in [-0.39, 0.29) is 17.3 Å². The van der Waals surface area contributed by atoms with Crippen molar-refractivity contribution in [1.82, 2.24) is 5.32 Å². The minimum absolute atomic E-state index is 0.0965. The number of anilines is 1. The summed E-state index contributed by atoms with van der Waals surface area (Å²) < 4.78 is 5.30. The fourth-order valence-corrected chi connectivity index (χ4v) is 1.97. The van der Waals surface area contributed by atoms with E-state index < -0.39 is 10.8 Å². The number of nitro benzene ring substituents is 1. The number of hydrogen-bond donors (Lipinski definition) is 3. The van der Waals surface area contributed by atoms with E-state index in [1.807, 2.05) is 0 Å². The first-order valence-electron chi connectivity index (χ1n) is 6.21. The fourth-order valence-electron chi connectivity index (χ4n) is 1.97. The number of carbonyl (C=O) groups is 1. The molecule has 1 unspecified atom stereocenters. The van der Waals surface area contributed by atoms with Crippen molar-refractivity contribution >= 4 is 17.3 Å². The number of amides is 1. The monoisotopic (exact) mass is 280 g/mol. The Kier molecular flexibility index (Phi) is 4.49. The van der Waals surface area contributed by atoms with Gasteiger partial charge in [0.15, 0.2) is 0 Å². The highest BCUT2D eigenvalue weighted by atomic mass is 16.6. The summed E-state index contributed by atoms with van der Waals surface area (Å²) in [4.78, 5) is 21.5. The first-order valence-corrected chi connectivity index (χ1v) is 6.21. The standard InChI is InChI=1S/C12H16N4O4/c13-12(17)8-1-2-10(11(5-8)16(18)19)15-6-9-7-20-4-3-14-9/h1-2,5,9,14-15H,3-4,6-7H2,(H2,13,17). The van der Waals surface area contributed by atoms with Gasteiger partial charge < -0.3 is 21.1 Å². The molecular weight excluding hydrogens is 264 g/mol. The highest BCUT2D eigenvalue weighted by Gasteiger charge is 2.18. The lowest BCUT2D eigenvalue weighted by atomic mass is 10.1. The van der Waals surface area contributed by atoms with E-state index in [4.69, 9.17) is 10.5 Å². The number of hydrogen-bond acceptors (Lipinski definition) is 6. The van der Waals surface area contributed by atoms with Gasteiger partial charge in [-0.1, -0.05) is 0 Å². The zero-order valence-electron chi connectivity index (χ0n) is 10.8. The number of morpholine rings is 1. The number of ether oxygens (including phenoxy) is 1. The molecule has 4 N–H and O–H groups in total. The second-order valence-corrected chi connectivity index (χ2v) is 4.46. The Hall–Kier alpha value is -2.19. The largest absolute Gasteiger partial charge is 0.378 e. The number of benzene rings is 1. The van der Waals surface area contributed by atoms with Crippen molar-refractivity contribution in [2.24, 2.45) is 5.73 Å². The van der Waals surface area contributed by atoms with E-state index in [0.717, 1.165) is 6.54 Å². The average molecular weight is 280 g/mol. The number of nitro groups is 1. The van der Waals surface area contributed by atoms with Gasteiger partial charge >= 0.3 is 0 Å². The van der Waals surface area contributed by atoms with E-state index in [1.165, 1.54) is 18.2 Å². The van der Waals surface area contributed by atoms with Gasteiger partial charge in [0.1, 0.15) is 5.69 Å². The summed E-state index contributed by atoms with van der Waals surface area (Å²) in [6.07, 6.45) is 0. The predicted octanol–water partition coefficient (Wildman–Crippen LogP) is 0.0940. The summed E-state index contributed by atoms with van der Waals surface area (Å²) in [6, 6.07) is 4.22. The van der Waals surface area contributed by atoms with Gasteiger partial charge in [0, 0.05) is 30.8 Å². The average Bonchev–Trinajstić information content (AvgIpc) is 2.45. The molecule has 1 atom stereocenters. The molecule has 0 spiro atoms. The van der Waals surface area contributed by atoms with E-state index in [0.29, 0.717) is 25.4 Å². The molecule has 1 aliphatic heterocycles. The minimum atomic E-state index is -0.693. The topological polar surface area (TPSA) is 120 Å². The van der Waals surface area contributed by atoms with Crippen LogP contribution in [0.2, 0.25) is 0 Å². The molecule has 2 rings (SSSR count). The van der Waals surface area contributed by atoms with Crippen LogP contribution in [0.15, 0.2) is 18.2 Å². The molecule has 20 heavy (non-hydrogen) atoms. The lowest BCUT2D eigenvalue weighted by molar-refractivity contribution is -0.384. The van der Waals surface area contributed by atoms with Crippen molar-refractivity contribution in [3.63, 3.8) is 0 Å². The second-order valence-electron chi connectivity index (χ2n) is 4.46. The third-order valence-corrected chi connectivity index (χ3v) is 3.02. The first kappa shape index (κ1) is 14.2. The third-order valence-electron chi connectivity index (χ3n) is 3.02. The number of rotatable bonds is 5. The minimum Gasteiger partial charge on any atom is -0.378 e. The van der Waals surface area contributed by atoms with E-state index in [9.17, 15) is 14.9 Å². The molecule has 1 fully saturated rings. The molecule has 108 valence electrons. The molecule has 8 nitrogen and oxygen atoms in total. The van der Waals surface area contributed by atoms with Gasteiger partial charge in [-0.05, 0) is 12.1 Å². The van der Waals surface area contributed by atoms with Crippen LogP contribution < -0.4 is 16.4 Å². The summed E-state index contributed by atoms with van der Waals surface area (Å²) >= 11 is 0. The Morgan fingerprint density at radius 3 is 3.00 bits per heavy atom. The molecular formula is C12H16N4O4. The second kappa shape index (κ2) is 6.31. The molecule has 0 bridgehead atoms. The van der Waals surface area contributed by atoms with Crippen LogP contribution in [0.4, 0.5) is 11.4 Å². The van der Waals surface area contributed by atoms with Gasteiger partial charge in [-0.3, -0.25) is 14.9 Å². The lowest BCUT2D eigenvalue weighted by Gasteiger charge is -2.24. The highest BCUT2D eigenvalue weighted by molar-refractivity contribution is 5.94. The maximum Gasteiger partial charge on any atom is 0.293 e. The van der Waals surface area contributed by atoms with Crippen molar-refractivity contribution in [3.05, 3.63) is 33.9 Å². The quantitative estimate of drug-likeness (QED) is 0.519. The van der Waals surface area contributed by atoms with Gasteiger partial charge in [0.05, 0.1) is 18.1 Å². The van der Waals surface area contributed by atoms with Crippen LogP contribution in [0.3, 0.4) is 0 Å². The van der Waals surface area contributed by atoms with E-state index in [2.05, 4.69) is 10.6 Å². The highest BCUT2D eigenvalue weighted by Crippen LogP contribution is 2.25. The van der Waals surface area contributed by atoms with Crippen LogP contribution in [0.25, 0.3) is 0 Å². The molecule has 0 radical (unpaired) electrons. The summed E-state index contributed by atoms with van der Waals surface area (Å²) in [6.45, 7) is 2.48. The SMILES string of the molecule is NC(=O)c1ccc(NCC2COCCN2)c([N+](=O)[O-])c1. The van der Waals surface area contributed by atoms with Crippen LogP contribution >= 0.6 is 0 Å². The van der Waals surface area contributed by atoms with Crippen molar-refractivity contribution < 1.29 is 14.5 Å². The summed E-state index contributed by atoms with van der Waals surface area (Å²) in [5.74, 6) is -0.693. The zero-order chi connectivity index (χ0) is 14.5. The van der Waals surface area contributed by atoms with Crippen LogP contribution in [-0.2, 0) is 4.74 Å². The Balaban J connectivity index is 2.09. The normalized spacial score (nSPS) is 18.5. The van der Waals surface area contributed by atoms with Crippen molar-refractivity contribution in [3.8, 4) is 0 Å². The Morgan fingerprint density at radius 2 is 2.40 bits per heavy atom. The van der Waals surface area contributed by atoms with Gasteiger partial charge in [-0.25, -0.2) is 0 Å². The van der Waals surface area contributed by atoms with E-state index >= 15 is 0 Å². The van der Waals surface area contributed by atoms with Crippen LogP contribution in [-0.4, -0.2) is 43.2 Å². The lowest BCUT2D eigenvalue weighted by Crippen LogP contribution is -2.45. The Morgan fingerprint density at radius 1 is 1.60 bits per heavy atom. The molecule has 0 aliphatic carbocycles. The number of nitrogens with one attached hydrogen (secondary N) is 2. The molecule has 1 aromatic rings. The van der Waals surface area contributed by atoms with E-state index in [1.54, 1.807) is 0 Å². The number of nitrogens with zero attached hydrogens (tertiary/aromatic N) is 1. The summed E-state index contributed by atoms with van der Waals surface area (Å²) in [5.41, 5.74) is 5.41. The molecule has 8 heteroatoms. The van der Waals surface area contributed by atoms with Gasteiger partial charge in [0.25, 0.3) is 5.69 Å². The number of primary amides is 1. The molecule has 1 saturated heterocycles. The Bertz CT molecular complexity index is 514. The maximum atomic E-state index is 11.0. The molecule has 1 aliphatic rings. The molecule has 1 aromatic carbocycles. The number of carbonyl (C=O) groups excluding carboxylic acids is 1. The van der Waals surface area contributed by atoms with Crippen LogP contribution in [0, 0.1) is 10.1 Å². The molecule has 1 amide bonds. The molecule has 0 aromatic heterocycles. The van der Waals surface area contributed by atoms with Gasteiger partial charge in [-0.2, -0.15) is 0 Å². The van der Waals surface area contributed by atoms with Crippen molar-refractivity contribution in [1.29, 1.82) is 0 Å². The van der Waals surface area contributed by atoms with Crippen molar-refractivity contribution in [2.75, 3.05) is 31.6 Å². The smallest absolute Gasteiger partial charge is 0.293 e. The summed E-state index contributed by atoms with van der Waals surface area (Å²) in [7, 11) is 0. The zero-order valence-corrected chi connectivity index (χ0v) is 10.8. The predicted molar refractivity (Wildman–Crippen MR) is 72.7 cm³/mol. The van der Waals surface area contributed by atoms with Crippen LogP contribution in [0.1, 0.15) is 10.4 Å². The maximum absolute atomic E-state index is 11.0. The molecule has 1 heterocycles. The Labute approximate surface area is 115 Å². The first-order chi connectivity index (χ1) is 9.58. The molecule has 0 saturated carbocycles. The fraction of sp³-hybridized carbons (Fsp3) is 0.417. The van der Waals surface area contributed by atoms with Crippen LogP contribution in [0.5, 0.6) is 0 Å². The van der Waals surface area contributed by atoms with Gasteiger partial charge in [-0.15, -0.1) is 0 Å². The number of nitrogens with two attached hydrogens (primary N) is 1. The summed E-state index contributed by atoms with van der Waals surface area (Å²) in [5, 5.41) is 17.3. The van der Waals surface area contributed by atoms with Gasteiger partial charge in [0.2, 0.25) is 5.91 Å².